The summed E-state index contributed by atoms with van der Waals surface area (Å²) in [5.41, 5.74) is 0.798. The van der Waals surface area contributed by atoms with Crippen molar-refractivity contribution in [3.8, 4) is 11.5 Å². The highest BCUT2D eigenvalue weighted by molar-refractivity contribution is 6.30. The molecule has 0 radical (unpaired) electrons. The van der Waals surface area contributed by atoms with Gasteiger partial charge in [0.1, 0.15) is 0 Å². The van der Waals surface area contributed by atoms with Gasteiger partial charge >= 0.3 is 6.03 Å². The number of quaternary nitrogens is 1. The molecule has 8 nitrogen and oxygen atoms in total. The van der Waals surface area contributed by atoms with Crippen molar-refractivity contribution < 1.29 is 18.9 Å². The lowest BCUT2D eigenvalue weighted by Gasteiger charge is -2.28. The number of nitrogens with zero attached hydrogens (tertiary/aromatic N) is 3. The van der Waals surface area contributed by atoms with Crippen molar-refractivity contribution in [3.05, 3.63) is 35.2 Å². The summed E-state index contributed by atoms with van der Waals surface area (Å²) in [5, 5.41) is 11.6. The van der Waals surface area contributed by atoms with Crippen molar-refractivity contribution in [3.63, 3.8) is 0 Å². The summed E-state index contributed by atoms with van der Waals surface area (Å²) in [7, 11) is 0. The van der Waals surface area contributed by atoms with Crippen LogP contribution < -0.4 is 10.2 Å². The molecule has 1 saturated heterocycles. The molecule has 2 N–H and O–H groups in total. The molecule has 1 aromatic heterocycles. The highest BCUT2D eigenvalue weighted by Gasteiger charge is 2.38. The van der Waals surface area contributed by atoms with Gasteiger partial charge in [-0.2, -0.15) is 0 Å². The van der Waals surface area contributed by atoms with E-state index in [1.807, 2.05) is 12.1 Å². The minimum atomic E-state index is -0.327. The summed E-state index contributed by atoms with van der Waals surface area (Å²) >= 11 is 5.90. The van der Waals surface area contributed by atoms with Gasteiger partial charge in [-0.25, -0.2) is 9.69 Å². The highest BCUT2D eigenvalue weighted by atomic mass is 35.5. The molecule has 26 heavy (non-hydrogen) atoms. The van der Waals surface area contributed by atoms with E-state index in [2.05, 4.69) is 15.5 Å². The van der Waals surface area contributed by atoms with Crippen LogP contribution >= 0.6 is 11.6 Å². The first-order valence-electron chi connectivity index (χ1n) is 8.61. The summed E-state index contributed by atoms with van der Waals surface area (Å²) in [6.45, 7) is 1.19. The molecule has 2 fully saturated rings. The van der Waals surface area contributed by atoms with Crippen molar-refractivity contribution in [2.24, 2.45) is 0 Å². The van der Waals surface area contributed by atoms with Gasteiger partial charge < -0.3 is 14.6 Å². The summed E-state index contributed by atoms with van der Waals surface area (Å²) in [5.74, 6) is 0.777. The first-order chi connectivity index (χ1) is 12.6. The smallest absolute Gasteiger partial charge is 0.328 e. The van der Waals surface area contributed by atoms with E-state index in [-0.39, 0.29) is 11.9 Å². The molecule has 1 aliphatic carbocycles. The van der Waals surface area contributed by atoms with Gasteiger partial charge in [0.15, 0.2) is 13.2 Å². The second kappa shape index (κ2) is 7.05. The summed E-state index contributed by atoms with van der Waals surface area (Å²) in [6.07, 6.45) is 2.47. The topological polar surface area (TPSA) is 92.8 Å². The number of rotatable bonds is 6. The van der Waals surface area contributed by atoms with E-state index in [0.717, 1.165) is 23.3 Å². The number of carbonyl (C=O) groups excluding carboxylic acids is 2. The van der Waals surface area contributed by atoms with Gasteiger partial charge in [-0.05, 0) is 24.3 Å². The molecular weight excluding hydrogens is 358 g/mol. The second-order valence-corrected chi connectivity index (χ2v) is 7.02. The standard InChI is InChI=1S/C17H18ClN5O3/c18-12-3-1-11(2-4-12)16-21-20-14(26-16)9-22(13-5-6-13)10-23-15(24)7-8-19-17(23)25/h1-4,13H,5-10H2,(H,19,25)/p+1. The minimum Gasteiger partial charge on any atom is -0.415 e. The van der Waals surface area contributed by atoms with E-state index in [1.54, 1.807) is 12.1 Å². The largest absolute Gasteiger partial charge is 0.415 e. The third-order valence-electron chi connectivity index (χ3n) is 4.61. The lowest BCUT2D eigenvalue weighted by atomic mass is 10.2. The summed E-state index contributed by atoms with van der Waals surface area (Å²) in [6, 6.07) is 7.26. The normalized spacial score (nSPS) is 18.7. The van der Waals surface area contributed by atoms with Crippen molar-refractivity contribution in [1.29, 1.82) is 0 Å². The van der Waals surface area contributed by atoms with Crippen LogP contribution in [0.15, 0.2) is 28.7 Å². The maximum Gasteiger partial charge on any atom is 0.328 e. The van der Waals surface area contributed by atoms with E-state index in [1.165, 1.54) is 4.90 Å². The Morgan fingerprint density at radius 1 is 1.23 bits per heavy atom. The molecule has 4 rings (SSSR count). The van der Waals surface area contributed by atoms with Gasteiger partial charge in [0.05, 0.1) is 6.04 Å². The number of urea groups is 1. The SMILES string of the molecule is O=C1CCNC(=O)N1C[NH+](Cc1nnc(-c2ccc(Cl)cc2)o1)C1CC1. The predicted molar refractivity (Wildman–Crippen MR) is 92.2 cm³/mol. The first kappa shape index (κ1) is 17.0. The zero-order valence-electron chi connectivity index (χ0n) is 14.1. The van der Waals surface area contributed by atoms with E-state index in [9.17, 15) is 9.59 Å². The zero-order valence-corrected chi connectivity index (χ0v) is 14.8. The van der Waals surface area contributed by atoms with Crippen molar-refractivity contribution in [1.82, 2.24) is 20.4 Å². The van der Waals surface area contributed by atoms with E-state index >= 15 is 0 Å². The summed E-state index contributed by atoms with van der Waals surface area (Å²) < 4.78 is 5.77. The second-order valence-electron chi connectivity index (χ2n) is 6.58. The van der Waals surface area contributed by atoms with E-state index in [0.29, 0.717) is 49.0 Å². The Morgan fingerprint density at radius 3 is 2.69 bits per heavy atom. The number of halogens is 1. The molecule has 1 aliphatic heterocycles. The van der Waals surface area contributed by atoms with Crippen molar-refractivity contribution in [2.75, 3.05) is 13.2 Å². The van der Waals surface area contributed by atoms with E-state index in [4.69, 9.17) is 16.0 Å². The van der Waals surface area contributed by atoms with Crippen LogP contribution in [0.1, 0.15) is 25.2 Å². The van der Waals surface area contributed by atoms with Crippen LogP contribution in [0.25, 0.3) is 11.5 Å². The maximum atomic E-state index is 12.0. The number of benzene rings is 1. The van der Waals surface area contributed by atoms with Crippen LogP contribution in [0.2, 0.25) is 5.02 Å². The molecule has 1 saturated carbocycles. The van der Waals surface area contributed by atoms with Crippen LogP contribution in [-0.2, 0) is 11.3 Å². The Labute approximate surface area is 155 Å². The molecule has 2 heterocycles. The van der Waals surface area contributed by atoms with Crippen molar-refractivity contribution in [2.45, 2.75) is 31.8 Å². The van der Waals surface area contributed by atoms with Crippen LogP contribution in [0.5, 0.6) is 0 Å². The van der Waals surface area contributed by atoms with Gasteiger partial charge in [0.2, 0.25) is 11.8 Å². The quantitative estimate of drug-likeness (QED) is 0.779. The van der Waals surface area contributed by atoms with Gasteiger partial charge in [0, 0.05) is 36.4 Å². The zero-order chi connectivity index (χ0) is 18.1. The lowest BCUT2D eigenvalue weighted by molar-refractivity contribution is -0.933. The van der Waals surface area contributed by atoms with Crippen LogP contribution in [0.4, 0.5) is 4.79 Å². The van der Waals surface area contributed by atoms with E-state index < -0.39 is 0 Å². The Kier molecular flexibility index (Phi) is 4.60. The number of hydrogen-bond acceptors (Lipinski definition) is 5. The first-order valence-corrected chi connectivity index (χ1v) is 8.99. The number of amides is 3. The Hall–Kier alpha value is -2.45. The number of carbonyl (C=O) groups is 2. The Bertz CT molecular complexity index is 802. The van der Waals surface area contributed by atoms with Crippen LogP contribution in [0.3, 0.4) is 0 Å². The van der Waals surface area contributed by atoms with Crippen molar-refractivity contribution >= 4 is 23.5 Å². The molecule has 0 spiro atoms. The maximum absolute atomic E-state index is 12.0. The molecule has 1 aromatic carbocycles. The Morgan fingerprint density at radius 2 is 2.00 bits per heavy atom. The molecule has 1 unspecified atom stereocenters. The fraction of sp³-hybridized carbons (Fsp3) is 0.412. The number of hydrogen-bond donors (Lipinski definition) is 2. The number of nitrogens with one attached hydrogen (secondary N) is 2. The molecule has 3 amide bonds. The molecule has 0 bridgehead atoms. The minimum absolute atomic E-state index is 0.140. The fourth-order valence-corrected chi connectivity index (χ4v) is 3.16. The summed E-state index contributed by atoms with van der Waals surface area (Å²) in [4.78, 5) is 26.4. The lowest BCUT2D eigenvalue weighted by Crippen LogP contribution is -3.14. The van der Waals surface area contributed by atoms with Crippen LogP contribution in [-0.4, -0.2) is 46.3 Å². The van der Waals surface area contributed by atoms with Crippen LogP contribution in [0, 0.1) is 0 Å². The third-order valence-corrected chi connectivity index (χ3v) is 4.87. The predicted octanol–water partition coefficient (Wildman–Crippen LogP) is 0.837. The molecule has 136 valence electrons. The van der Waals surface area contributed by atoms with Gasteiger partial charge in [-0.15, -0.1) is 10.2 Å². The monoisotopic (exact) mass is 376 g/mol. The molecule has 1 atom stereocenters. The van der Waals surface area contributed by atoms with Gasteiger partial charge in [0.25, 0.3) is 5.89 Å². The van der Waals surface area contributed by atoms with Gasteiger partial charge in [-0.1, -0.05) is 11.6 Å². The number of imide groups is 1. The average Bonchev–Trinajstić information content (AvgIpc) is 3.37. The number of aromatic nitrogens is 2. The molecule has 2 aromatic rings. The highest BCUT2D eigenvalue weighted by Crippen LogP contribution is 2.20. The Balaban J connectivity index is 1.46. The molecule has 9 heteroatoms. The third kappa shape index (κ3) is 3.71. The molecular formula is C17H19ClN5O3+. The average molecular weight is 377 g/mol. The van der Waals surface area contributed by atoms with Gasteiger partial charge in [-0.3, -0.25) is 4.79 Å². The molecule has 2 aliphatic rings. The fourth-order valence-electron chi connectivity index (χ4n) is 3.03.